The van der Waals surface area contributed by atoms with Gasteiger partial charge in [0.1, 0.15) is 12.2 Å². The van der Waals surface area contributed by atoms with Crippen LogP contribution in [0.3, 0.4) is 0 Å². The first-order chi connectivity index (χ1) is 9.40. The lowest BCUT2D eigenvalue weighted by atomic mass is 10.1. The number of hydrogen-bond donors (Lipinski definition) is 1. The average Bonchev–Trinajstić information content (AvgIpc) is 2.75. The summed E-state index contributed by atoms with van der Waals surface area (Å²) >= 11 is 0. The Bertz CT molecular complexity index is 539. The van der Waals surface area contributed by atoms with Gasteiger partial charge in [0.2, 0.25) is 0 Å². The van der Waals surface area contributed by atoms with Gasteiger partial charge in [0.25, 0.3) is 0 Å². The number of aliphatic hydroxyl groups excluding tert-OH is 1. The number of sulfone groups is 1. The minimum absolute atomic E-state index is 0.188. The predicted molar refractivity (Wildman–Crippen MR) is 76.0 cm³/mol. The molecule has 0 aromatic carbocycles. The lowest BCUT2D eigenvalue weighted by Crippen LogP contribution is -2.40. The second-order valence-corrected chi connectivity index (χ2v) is 8.26. The second kappa shape index (κ2) is 6.22. The minimum Gasteiger partial charge on any atom is -0.391 e. The van der Waals surface area contributed by atoms with Crippen molar-refractivity contribution in [2.45, 2.75) is 57.4 Å². The third-order valence-corrected chi connectivity index (χ3v) is 6.01. The molecule has 0 saturated carbocycles. The molecule has 2 rings (SSSR count). The molecular formula is C13H23N3O3S. The maximum atomic E-state index is 12.0. The van der Waals surface area contributed by atoms with E-state index in [1.807, 2.05) is 0 Å². The molecule has 0 spiro atoms. The van der Waals surface area contributed by atoms with Gasteiger partial charge < -0.3 is 5.11 Å². The van der Waals surface area contributed by atoms with Crippen LogP contribution in [0.15, 0.2) is 6.33 Å². The lowest BCUT2D eigenvalue weighted by Gasteiger charge is -2.26. The Morgan fingerprint density at radius 3 is 2.85 bits per heavy atom. The molecule has 20 heavy (non-hydrogen) atoms. The molecule has 7 heteroatoms. The van der Waals surface area contributed by atoms with Crippen molar-refractivity contribution in [1.29, 1.82) is 0 Å². The van der Waals surface area contributed by atoms with Crippen molar-refractivity contribution in [3.63, 3.8) is 0 Å². The van der Waals surface area contributed by atoms with Gasteiger partial charge in [0.05, 0.1) is 17.1 Å². The van der Waals surface area contributed by atoms with Crippen LogP contribution in [0.1, 0.15) is 38.9 Å². The topological polar surface area (TPSA) is 85.1 Å². The molecule has 6 nitrogen and oxygen atoms in total. The zero-order chi connectivity index (χ0) is 14.8. The smallest absolute Gasteiger partial charge is 0.155 e. The largest absolute Gasteiger partial charge is 0.391 e. The van der Waals surface area contributed by atoms with Crippen molar-refractivity contribution in [2.75, 3.05) is 5.75 Å². The Balaban J connectivity index is 2.08. The molecule has 1 fully saturated rings. The van der Waals surface area contributed by atoms with Crippen molar-refractivity contribution in [2.24, 2.45) is 5.92 Å². The minimum atomic E-state index is -3.17. The Labute approximate surface area is 120 Å². The first kappa shape index (κ1) is 15.4. The molecule has 1 aliphatic heterocycles. The third kappa shape index (κ3) is 3.58. The van der Waals surface area contributed by atoms with E-state index in [1.165, 1.54) is 6.33 Å². The molecule has 114 valence electrons. The van der Waals surface area contributed by atoms with Crippen LogP contribution in [0.4, 0.5) is 0 Å². The van der Waals surface area contributed by atoms with Crippen molar-refractivity contribution in [3.05, 3.63) is 12.2 Å². The number of hydrogen-bond acceptors (Lipinski definition) is 5. The number of aromatic nitrogens is 3. The zero-order valence-electron chi connectivity index (χ0n) is 12.1. The fraction of sp³-hybridized carbons (Fsp3) is 0.846. The summed E-state index contributed by atoms with van der Waals surface area (Å²) in [5, 5.41) is 13.8. The highest BCUT2D eigenvalue weighted by atomic mass is 32.2. The maximum Gasteiger partial charge on any atom is 0.155 e. The maximum absolute atomic E-state index is 12.0. The standard InChI is InChI=1S/C13H23N3O3S/c1-10(2)8-16-13(14-9-15-16)7-11(17)12-5-3-4-6-20(12,18)19/h9-12,17H,3-8H2,1-2H3. The van der Waals surface area contributed by atoms with Gasteiger partial charge in [-0.15, -0.1) is 0 Å². The summed E-state index contributed by atoms with van der Waals surface area (Å²) < 4.78 is 25.8. The molecule has 1 aliphatic rings. The summed E-state index contributed by atoms with van der Waals surface area (Å²) in [6.45, 7) is 4.88. The fourth-order valence-corrected chi connectivity index (χ4v) is 4.68. The first-order valence-corrected chi connectivity index (χ1v) is 8.88. The quantitative estimate of drug-likeness (QED) is 0.869. The highest BCUT2D eigenvalue weighted by Crippen LogP contribution is 2.23. The Kier molecular flexibility index (Phi) is 4.80. The van der Waals surface area contributed by atoms with Crippen LogP contribution in [-0.4, -0.2) is 45.4 Å². The zero-order valence-corrected chi connectivity index (χ0v) is 12.9. The van der Waals surface area contributed by atoms with Crippen molar-refractivity contribution in [1.82, 2.24) is 14.8 Å². The van der Waals surface area contributed by atoms with Crippen LogP contribution < -0.4 is 0 Å². The predicted octanol–water partition coefficient (Wildman–Crippen LogP) is 0.805. The van der Waals surface area contributed by atoms with Gasteiger partial charge in [0, 0.05) is 13.0 Å². The summed E-state index contributed by atoms with van der Waals surface area (Å²) in [7, 11) is -3.17. The number of rotatable bonds is 5. The molecular weight excluding hydrogens is 278 g/mol. The van der Waals surface area contributed by atoms with Crippen molar-refractivity contribution < 1.29 is 13.5 Å². The van der Waals surface area contributed by atoms with Gasteiger partial charge in [-0.1, -0.05) is 20.3 Å². The van der Waals surface area contributed by atoms with Crippen LogP contribution in [0.25, 0.3) is 0 Å². The van der Waals surface area contributed by atoms with E-state index in [2.05, 4.69) is 23.9 Å². The lowest BCUT2D eigenvalue weighted by molar-refractivity contribution is 0.157. The Hall–Kier alpha value is -0.950. The normalized spacial score (nSPS) is 23.9. The van der Waals surface area contributed by atoms with Gasteiger partial charge in [-0.2, -0.15) is 5.10 Å². The Morgan fingerprint density at radius 2 is 2.20 bits per heavy atom. The van der Waals surface area contributed by atoms with Crippen molar-refractivity contribution >= 4 is 9.84 Å². The van der Waals surface area contributed by atoms with Gasteiger partial charge >= 0.3 is 0 Å². The van der Waals surface area contributed by atoms with E-state index in [1.54, 1.807) is 4.68 Å². The highest BCUT2D eigenvalue weighted by molar-refractivity contribution is 7.92. The summed E-state index contributed by atoms with van der Waals surface area (Å²) in [6, 6.07) is 0. The molecule has 0 bridgehead atoms. The van der Waals surface area contributed by atoms with E-state index >= 15 is 0 Å². The molecule has 0 aliphatic carbocycles. The first-order valence-electron chi connectivity index (χ1n) is 7.16. The molecule has 1 aromatic heterocycles. The van der Waals surface area contributed by atoms with Crippen LogP contribution in [0.2, 0.25) is 0 Å². The van der Waals surface area contributed by atoms with E-state index in [4.69, 9.17) is 0 Å². The number of aliphatic hydroxyl groups is 1. The van der Waals surface area contributed by atoms with E-state index in [0.29, 0.717) is 24.6 Å². The summed E-state index contributed by atoms with van der Waals surface area (Å²) in [5.74, 6) is 1.27. The van der Waals surface area contributed by atoms with Gasteiger partial charge in [-0.05, 0) is 18.8 Å². The molecule has 2 heterocycles. The molecule has 0 radical (unpaired) electrons. The molecule has 1 saturated heterocycles. The van der Waals surface area contributed by atoms with Crippen LogP contribution in [0, 0.1) is 5.92 Å². The van der Waals surface area contributed by atoms with E-state index < -0.39 is 21.2 Å². The van der Waals surface area contributed by atoms with E-state index in [0.717, 1.165) is 13.0 Å². The highest BCUT2D eigenvalue weighted by Gasteiger charge is 2.35. The summed E-state index contributed by atoms with van der Waals surface area (Å²) in [4.78, 5) is 4.15. The van der Waals surface area contributed by atoms with Gasteiger partial charge in [0.15, 0.2) is 9.84 Å². The molecule has 1 aromatic rings. The molecule has 0 amide bonds. The SMILES string of the molecule is CC(C)Cn1ncnc1CC(O)C1CCCCS1(=O)=O. The second-order valence-electron chi connectivity index (χ2n) is 5.92. The monoisotopic (exact) mass is 301 g/mol. The molecule has 2 atom stereocenters. The van der Waals surface area contributed by atoms with E-state index in [-0.39, 0.29) is 12.2 Å². The van der Waals surface area contributed by atoms with Gasteiger partial charge in [-0.3, -0.25) is 0 Å². The average molecular weight is 301 g/mol. The molecule has 1 N–H and O–H groups in total. The van der Waals surface area contributed by atoms with Crippen LogP contribution in [-0.2, 0) is 22.8 Å². The van der Waals surface area contributed by atoms with Crippen LogP contribution in [0.5, 0.6) is 0 Å². The van der Waals surface area contributed by atoms with Crippen LogP contribution >= 0.6 is 0 Å². The van der Waals surface area contributed by atoms with E-state index in [9.17, 15) is 13.5 Å². The Morgan fingerprint density at radius 1 is 1.45 bits per heavy atom. The fourth-order valence-electron chi connectivity index (χ4n) is 2.67. The third-order valence-electron chi connectivity index (χ3n) is 3.68. The summed E-state index contributed by atoms with van der Waals surface area (Å²) in [6.07, 6.45) is 2.92. The molecule has 2 unspecified atom stereocenters. The number of nitrogens with zero attached hydrogens (tertiary/aromatic N) is 3. The summed E-state index contributed by atoms with van der Waals surface area (Å²) in [5.41, 5.74) is 0. The van der Waals surface area contributed by atoms with Gasteiger partial charge in [-0.25, -0.2) is 18.1 Å². The van der Waals surface area contributed by atoms with Crippen molar-refractivity contribution in [3.8, 4) is 0 Å².